The summed E-state index contributed by atoms with van der Waals surface area (Å²) in [5, 5.41) is 0. The van der Waals surface area contributed by atoms with E-state index in [4.69, 9.17) is 0 Å². The molecule has 10 nitrogen and oxygen atoms in total. The molecular formula is C15H12F9O10P. The van der Waals surface area contributed by atoms with Crippen LogP contribution in [-0.4, -0.2) is 56.8 Å². The van der Waals surface area contributed by atoms with Gasteiger partial charge in [-0.3, -0.25) is 0 Å². The fourth-order valence-electron chi connectivity index (χ4n) is 1.15. The topological polar surface area (TPSA) is 124 Å². The van der Waals surface area contributed by atoms with E-state index < -0.39 is 81.4 Å². The van der Waals surface area contributed by atoms with Crippen LogP contribution in [0.1, 0.15) is 0 Å². The Kier molecular flexibility index (Phi) is 11.2. The predicted octanol–water partition coefficient (Wildman–Crippen LogP) is 4.00. The van der Waals surface area contributed by atoms with Gasteiger partial charge in [0.25, 0.3) is 0 Å². The van der Waals surface area contributed by atoms with Gasteiger partial charge in [-0.05, 0) is 0 Å². The van der Waals surface area contributed by atoms with Gasteiger partial charge in [-0.1, -0.05) is 19.7 Å². The van der Waals surface area contributed by atoms with Crippen LogP contribution >= 0.6 is 7.82 Å². The molecule has 0 aliphatic carbocycles. The van der Waals surface area contributed by atoms with Gasteiger partial charge in [-0.2, -0.15) is 39.5 Å². The van der Waals surface area contributed by atoms with E-state index in [0.717, 1.165) is 0 Å². The summed E-state index contributed by atoms with van der Waals surface area (Å²) in [5.41, 5.74) is -6.18. The molecule has 0 heterocycles. The Balaban J connectivity index is 5.18. The molecule has 0 saturated heterocycles. The fourth-order valence-corrected chi connectivity index (χ4v) is 1.92. The van der Waals surface area contributed by atoms with Gasteiger partial charge in [0.15, 0.2) is 0 Å². The van der Waals surface area contributed by atoms with Gasteiger partial charge in [-0.15, -0.1) is 0 Å². The van der Waals surface area contributed by atoms with Gasteiger partial charge in [0.05, 0.1) is 0 Å². The minimum absolute atomic E-state index is 1.70. The molecule has 0 fully saturated rings. The van der Waals surface area contributed by atoms with Crippen LogP contribution in [0.4, 0.5) is 39.5 Å². The molecule has 0 radical (unpaired) electrons. The summed E-state index contributed by atoms with van der Waals surface area (Å²) in [6.07, 6.45) is -15.8. The van der Waals surface area contributed by atoms with Crippen LogP contribution in [0.5, 0.6) is 0 Å². The largest absolute Gasteiger partial charge is 0.483 e. The van der Waals surface area contributed by atoms with Gasteiger partial charge in [-0.25, -0.2) is 32.5 Å². The molecule has 0 rings (SSSR count). The molecule has 20 heteroatoms. The second kappa shape index (κ2) is 12.2. The molecule has 0 saturated carbocycles. The van der Waals surface area contributed by atoms with Crippen LogP contribution in [-0.2, 0) is 46.7 Å². The fraction of sp³-hybridized carbons (Fsp3) is 0.400. The molecule has 0 aromatic rings. The summed E-state index contributed by atoms with van der Waals surface area (Å²) in [5.74, 6) is -6.49. The van der Waals surface area contributed by atoms with Gasteiger partial charge >= 0.3 is 44.3 Å². The number of alkyl halides is 9. The minimum Gasteiger partial charge on any atom is -0.434 e. The van der Waals surface area contributed by atoms with Crippen molar-refractivity contribution in [3.05, 3.63) is 36.5 Å². The van der Waals surface area contributed by atoms with Crippen LogP contribution in [0.15, 0.2) is 36.5 Å². The summed E-state index contributed by atoms with van der Waals surface area (Å²) < 4.78 is 147. The lowest BCUT2D eigenvalue weighted by atomic mass is 10.3. The molecule has 0 spiro atoms. The third kappa shape index (κ3) is 11.4. The van der Waals surface area contributed by atoms with Crippen LogP contribution in [0.25, 0.3) is 0 Å². The lowest BCUT2D eigenvalue weighted by molar-refractivity contribution is -0.160. The maximum absolute atomic E-state index is 12.3. The highest BCUT2D eigenvalue weighted by Gasteiger charge is 2.41. The number of carbonyl (C=O) groups is 3. The molecule has 35 heavy (non-hydrogen) atoms. The second-order valence-electron chi connectivity index (χ2n) is 5.41. The molecule has 0 bridgehead atoms. The van der Waals surface area contributed by atoms with Crippen molar-refractivity contribution >= 4 is 25.7 Å². The molecule has 0 aliphatic rings. The first kappa shape index (κ1) is 32.1. The van der Waals surface area contributed by atoms with Crippen molar-refractivity contribution in [2.75, 3.05) is 20.4 Å². The first-order chi connectivity index (χ1) is 15.6. The molecule has 0 amide bonds. The Hall–Kier alpha value is -2.89. The Bertz CT molecular complexity index is 790. The van der Waals surface area contributed by atoms with E-state index in [0.29, 0.717) is 0 Å². The van der Waals surface area contributed by atoms with Gasteiger partial charge in [0, 0.05) is 0 Å². The van der Waals surface area contributed by atoms with E-state index in [-0.39, 0.29) is 0 Å². The lowest BCUT2D eigenvalue weighted by Gasteiger charge is -2.18. The van der Waals surface area contributed by atoms with Gasteiger partial charge in [0.2, 0.25) is 20.4 Å². The summed E-state index contributed by atoms with van der Waals surface area (Å²) in [7, 11) is -5.37. The normalized spacial score (nSPS) is 12.5. The van der Waals surface area contributed by atoms with Crippen molar-refractivity contribution in [3.8, 4) is 0 Å². The Morgan fingerprint density at radius 1 is 0.543 bits per heavy atom. The van der Waals surface area contributed by atoms with Crippen molar-refractivity contribution < 1.29 is 86.2 Å². The zero-order valence-electron chi connectivity index (χ0n) is 16.7. The Morgan fingerprint density at radius 2 is 0.743 bits per heavy atom. The Morgan fingerprint density at radius 3 is 0.914 bits per heavy atom. The number of hydrogen-bond acceptors (Lipinski definition) is 10. The predicted molar refractivity (Wildman–Crippen MR) is 89.3 cm³/mol. The highest BCUT2D eigenvalue weighted by Crippen LogP contribution is 2.49. The monoisotopic (exact) mass is 554 g/mol. The highest BCUT2D eigenvalue weighted by atomic mass is 31.2. The standard InChI is InChI=1S/C15H12F9O10P/c1-7(13(16,17)18)10(25)29-4-32-35(28,33-5-30-11(26)8(2)14(19,20)21)34-6-31-12(27)9(3)15(22,23)24/h1-6H2. The maximum atomic E-state index is 12.3. The van der Waals surface area contributed by atoms with E-state index in [1.165, 1.54) is 0 Å². The van der Waals surface area contributed by atoms with Crippen LogP contribution in [0.3, 0.4) is 0 Å². The van der Waals surface area contributed by atoms with Gasteiger partial charge in [0.1, 0.15) is 16.7 Å². The molecule has 0 aromatic heterocycles. The van der Waals surface area contributed by atoms with Crippen molar-refractivity contribution in [1.82, 2.24) is 0 Å². The average Bonchev–Trinajstić information content (AvgIpc) is 2.69. The first-order valence-corrected chi connectivity index (χ1v) is 9.41. The smallest absolute Gasteiger partial charge is 0.434 e. The van der Waals surface area contributed by atoms with Crippen LogP contribution < -0.4 is 0 Å². The van der Waals surface area contributed by atoms with Crippen molar-refractivity contribution in [3.63, 3.8) is 0 Å². The van der Waals surface area contributed by atoms with Crippen LogP contribution in [0.2, 0.25) is 0 Å². The third-order valence-electron chi connectivity index (χ3n) is 2.97. The number of ether oxygens (including phenoxy) is 3. The third-order valence-corrected chi connectivity index (χ3v) is 4.23. The molecule has 0 aliphatic heterocycles. The number of esters is 3. The number of phosphoric acid groups is 1. The molecular weight excluding hydrogens is 542 g/mol. The molecule has 200 valence electrons. The summed E-state index contributed by atoms with van der Waals surface area (Å²) in [6.45, 7) is 1.96. The lowest BCUT2D eigenvalue weighted by Crippen LogP contribution is -2.23. The van der Waals surface area contributed by atoms with E-state index in [9.17, 15) is 58.5 Å². The molecule has 0 N–H and O–H groups in total. The average molecular weight is 554 g/mol. The van der Waals surface area contributed by atoms with E-state index in [2.05, 4.69) is 47.5 Å². The maximum Gasteiger partial charge on any atom is 0.483 e. The van der Waals surface area contributed by atoms with E-state index in [1.807, 2.05) is 0 Å². The molecule has 0 aromatic carbocycles. The number of rotatable bonds is 12. The zero-order valence-corrected chi connectivity index (χ0v) is 17.6. The van der Waals surface area contributed by atoms with Crippen molar-refractivity contribution in [1.29, 1.82) is 0 Å². The molecule has 0 atom stereocenters. The summed E-state index contributed by atoms with van der Waals surface area (Å²) in [4.78, 5) is 33.5. The number of hydrogen-bond donors (Lipinski definition) is 0. The summed E-state index contributed by atoms with van der Waals surface area (Å²) >= 11 is 0. The second-order valence-corrected chi connectivity index (χ2v) is 7.08. The van der Waals surface area contributed by atoms with Crippen molar-refractivity contribution in [2.45, 2.75) is 18.5 Å². The van der Waals surface area contributed by atoms with Crippen molar-refractivity contribution in [2.24, 2.45) is 0 Å². The SMILES string of the molecule is C=C(C(=O)OCOP(=O)(OCOC(=O)C(=C)C(F)(F)F)OCOC(=O)C(=C)C(F)(F)F)C(F)(F)F. The van der Waals surface area contributed by atoms with Crippen LogP contribution in [0, 0.1) is 0 Å². The Labute approximate surface area is 188 Å². The first-order valence-electron chi connectivity index (χ1n) is 7.95. The van der Waals surface area contributed by atoms with E-state index >= 15 is 0 Å². The molecule has 0 unspecified atom stereocenters. The minimum atomic E-state index is -5.37. The summed E-state index contributed by atoms with van der Waals surface area (Å²) in [6, 6.07) is 0. The highest BCUT2D eigenvalue weighted by molar-refractivity contribution is 7.48. The number of carbonyl (C=O) groups excluding carboxylic acids is 3. The van der Waals surface area contributed by atoms with E-state index in [1.54, 1.807) is 0 Å². The quantitative estimate of drug-likeness (QED) is 0.0874. The number of halogens is 9. The van der Waals surface area contributed by atoms with Gasteiger partial charge < -0.3 is 14.2 Å². The number of phosphoric ester groups is 1. The zero-order chi connectivity index (χ0) is 27.8.